The summed E-state index contributed by atoms with van der Waals surface area (Å²) in [5.74, 6) is 1.40. The number of anilines is 1. The molecule has 0 radical (unpaired) electrons. The minimum Gasteiger partial charge on any atom is -0.483 e. The fourth-order valence-electron chi connectivity index (χ4n) is 4.48. The molecule has 1 aromatic heterocycles. The predicted octanol–water partition coefficient (Wildman–Crippen LogP) is 3.57. The summed E-state index contributed by atoms with van der Waals surface area (Å²) in [6.07, 6.45) is 6.16. The van der Waals surface area contributed by atoms with Crippen LogP contribution in [0.5, 0.6) is 0 Å². The van der Waals surface area contributed by atoms with Crippen molar-refractivity contribution >= 4 is 34.7 Å². The van der Waals surface area contributed by atoms with Gasteiger partial charge in [-0.3, -0.25) is 9.78 Å². The number of hydrogen-bond acceptors (Lipinski definition) is 4. The van der Waals surface area contributed by atoms with Gasteiger partial charge in [-0.25, -0.2) is 0 Å². The molecule has 0 amide bonds. The number of aliphatic hydroxyl groups excluding tert-OH is 1. The van der Waals surface area contributed by atoms with Gasteiger partial charge in [0.1, 0.15) is 0 Å². The van der Waals surface area contributed by atoms with Crippen molar-refractivity contribution in [3.05, 3.63) is 35.5 Å². The van der Waals surface area contributed by atoms with Crippen LogP contribution < -0.4 is 4.90 Å². The summed E-state index contributed by atoms with van der Waals surface area (Å²) in [4.78, 5) is 15.2. The van der Waals surface area contributed by atoms with Crippen molar-refractivity contribution in [2.75, 3.05) is 11.9 Å². The highest BCUT2D eigenvalue weighted by atomic mass is 35.5. The maximum absolute atomic E-state index is 9.81. The van der Waals surface area contributed by atoms with Crippen molar-refractivity contribution in [2.45, 2.75) is 37.8 Å². The van der Waals surface area contributed by atoms with Crippen molar-refractivity contribution in [3.63, 3.8) is 0 Å². The molecule has 4 atom stereocenters. The third kappa shape index (κ3) is 3.72. The van der Waals surface area contributed by atoms with Crippen LogP contribution in [-0.4, -0.2) is 40.9 Å². The van der Waals surface area contributed by atoms with Crippen molar-refractivity contribution < 1.29 is 15.0 Å². The van der Waals surface area contributed by atoms with Crippen LogP contribution in [0.1, 0.15) is 25.7 Å². The van der Waals surface area contributed by atoms with E-state index in [-0.39, 0.29) is 12.6 Å². The third-order valence-corrected chi connectivity index (χ3v) is 5.81. The van der Waals surface area contributed by atoms with Crippen molar-refractivity contribution in [3.8, 4) is 0 Å². The molecule has 1 heterocycles. The van der Waals surface area contributed by atoms with Crippen LogP contribution >= 0.6 is 11.6 Å². The maximum Gasteiger partial charge on any atom is 0.290 e. The fraction of sp³-hybridized carbons (Fsp3) is 0.474. The number of pyridine rings is 1. The van der Waals surface area contributed by atoms with Gasteiger partial charge in [-0.05, 0) is 61.8 Å². The minimum absolute atomic E-state index is 0.0647. The Kier molecular flexibility index (Phi) is 5.45. The normalized spacial score (nSPS) is 27.5. The van der Waals surface area contributed by atoms with E-state index < -0.39 is 0 Å². The molecule has 25 heavy (non-hydrogen) atoms. The molecule has 4 rings (SSSR count). The van der Waals surface area contributed by atoms with Crippen LogP contribution in [0.25, 0.3) is 10.9 Å². The molecule has 2 saturated carbocycles. The highest BCUT2D eigenvalue weighted by Crippen LogP contribution is 2.46. The Morgan fingerprint density at radius 1 is 1.20 bits per heavy atom. The Morgan fingerprint density at radius 3 is 2.48 bits per heavy atom. The Hall–Kier alpha value is -1.85. The zero-order chi connectivity index (χ0) is 18.0. The summed E-state index contributed by atoms with van der Waals surface area (Å²) in [6.45, 7) is -0.250. The first-order valence-electron chi connectivity index (χ1n) is 8.56. The van der Waals surface area contributed by atoms with Crippen LogP contribution in [-0.2, 0) is 4.79 Å². The minimum atomic E-state index is -0.250. The molecule has 2 N–H and O–H groups in total. The van der Waals surface area contributed by atoms with Gasteiger partial charge in [0.05, 0.1) is 11.6 Å². The van der Waals surface area contributed by atoms with E-state index in [2.05, 4.69) is 29.1 Å². The van der Waals surface area contributed by atoms with E-state index >= 15 is 0 Å². The fourth-order valence-corrected chi connectivity index (χ4v) is 4.65. The molecule has 0 aliphatic heterocycles. The predicted molar refractivity (Wildman–Crippen MR) is 99.1 cm³/mol. The number of carbonyl (C=O) groups is 1. The number of halogens is 1. The lowest BCUT2D eigenvalue weighted by molar-refractivity contribution is -0.122. The Labute approximate surface area is 152 Å². The molecule has 0 saturated heterocycles. The first-order chi connectivity index (χ1) is 12.0. The van der Waals surface area contributed by atoms with E-state index in [1.54, 1.807) is 0 Å². The lowest BCUT2D eigenvalue weighted by Crippen LogP contribution is -2.30. The van der Waals surface area contributed by atoms with E-state index in [1.807, 2.05) is 18.3 Å². The zero-order valence-corrected chi connectivity index (χ0v) is 14.9. The van der Waals surface area contributed by atoms with Crippen molar-refractivity contribution in [2.24, 2.45) is 11.8 Å². The van der Waals surface area contributed by atoms with Crippen LogP contribution in [0.15, 0.2) is 30.5 Å². The van der Waals surface area contributed by atoms with Gasteiger partial charge in [-0.1, -0.05) is 11.6 Å². The SMILES string of the molecule is CN(c1ccnc2cc(Cl)ccc12)C1C[C@H]2CC(O)C[C@H]2C1.O=CO. The number of aliphatic hydroxyl groups is 1. The van der Waals surface area contributed by atoms with Gasteiger partial charge in [-0.15, -0.1) is 0 Å². The summed E-state index contributed by atoms with van der Waals surface area (Å²) in [5.41, 5.74) is 2.18. The van der Waals surface area contributed by atoms with E-state index in [1.165, 1.54) is 18.5 Å². The second kappa shape index (κ2) is 7.58. The molecule has 2 aliphatic rings. The number of nitrogens with zero attached hydrogens (tertiary/aromatic N) is 2. The number of aromatic nitrogens is 1. The smallest absolute Gasteiger partial charge is 0.290 e. The summed E-state index contributed by atoms with van der Waals surface area (Å²) >= 11 is 6.08. The van der Waals surface area contributed by atoms with Gasteiger partial charge in [0, 0.05) is 35.4 Å². The summed E-state index contributed by atoms with van der Waals surface area (Å²) in [7, 11) is 2.19. The Bertz CT molecular complexity index is 741. The van der Waals surface area contributed by atoms with Crippen LogP contribution in [0.2, 0.25) is 5.02 Å². The number of benzene rings is 1. The zero-order valence-electron chi connectivity index (χ0n) is 14.2. The highest BCUT2D eigenvalue weighted by molar-refractivity contribution is 6.31. The molecule has 134 valence electrons. The monoisotopic (exact) mass is 362 g/mol. The molecule has 2 fully saturated rings. The number of carboxylic acid groups (broad SMARTS) is 1. The molecular weight excluding hydrogens is 340 g/mol. The molecule has 2 aliphatic carbocycles. The van der Waals surface area contributed by atoms with Gasteiger partial charge < -0.3 is 15.1 Å². The second-order valence-corrected chi connectivity index (χ2v) is 7.41. The average Bonchev–Trinajstić information content (AvgIpc) is 3.11. The van der Waals surface area contributed by atoms with Gasteiger partial charge >= 0.3 is 0 Å². The van der Waals surface area contributed by atoms with Gasteiger partial charge in [0.15, 0.2) is 0 Å². The molecule has 0 spiro atoms. The molecule has 0 bridgehead atoms. The lowest BCUT2D eigenvalue weighted by atomic mass is 10.0. The standard InChI is InChI=1S/C18H21ClN2O.CH2O2/c1-21(14-6-11-8-15(22)9-12(11)7-14)18-4-5-20-17-10-13(19)2-3-16(17)18;2-1-3/h2-5,10-12,14-15,22H,6-9H2,1H3;1H,(H,2,3)/t11-,12+,14?,15?;. The number of hydrogen-bond donors (Lipinski definition) is 2. The molecule has 2 aromatic rings. The Balaban J connectivity index is 0.000000569. The lowest BCUT2D eigenvalue weighted by Gasteiger charge is -2.28. The van der Waals surface area contributed by atoms with Gasteiger partial charge in [0.25, 0.3) is 6.47 Å². The van der Waals surface area contributed by atoms with Gasteiger partial charge in [0.2, 0.25) is 0 Å². The molecular formula is C19H23ClN2O3. The van der Waals surface area contributed by atoms with E-state index in [0.29, 0.717) is 17.9 Å². The van der Waals surface area contributed by atoms with E-state index in [9.17, 15) is 5.11 Å². The average molecular weight is 363 g/mol. The number of fused-ring (bicyclic) bond motifs is 2. The number of rotatable bonds is 2. The van der Waals surface area contributed by atoms with Crippen LogP contribution in [0, 0.1) is 11.8 Å². The maximum atomic E-state index is 9.81. The molecule has 1 aromatic carbocycles. The molecule has 5 nitrogen and oxygen atoms in total. The largest absolute Gasteiger partial charge is 0.483 e. The van der Waals surface area contributed by atoms with Gasteiger partial charge in [-0.2, -0.15) is 0 Å². The quantitative estimate of drug-likeness (QED) is 0.799. The first-order valence-corrected chi connectivity index (χ1v) is 8.94. The molecule has 6 heteroatoms. The van der Waals surface area contributed by atoms with E-state index in [0.717, 1.165) is 28.8 Å². The highest BCUT2D eigenvalue weighted by Gasteiger charge is 2.42. The third-order valence-electron chi connectivity index (χ3n) is 5.58. The topological polar surface area (TPSA) is 73.7 Å². The van der Waals surface area contributed by atoms with Crippen LogP contribution in [0.3, 0.4) is 0 Å². The second-order valence-electron chi connectivity index (χ2n) is 6.98. The summed E-state index contributed by atoms with van der Waals surface area (Å²) < 4.78 is 0. The summed E-state index contributed by atoms with van der Waals surface area (Å²) in [6, 6.07) is 8.58. The van der Waals surface area contributed by atoms with Crippen molar-refractivity contribution in [1.82, 2.24) is 4.98 Å². The first kappa shape index (κ1) is 18.0. The Morgan fingerprint density at radius 2 is 1.84 bits per heavy atom. The van der Waals surface area contributed by atoms with E-state index in [4.69, 9.17) is 21.5 Å². The molecule has 2 unspecified atom stereocenters. The van der Waals surface area contributed by atoms with Crippen molar-refractivity contribution in [1.29, 1.82) is 0 Å². The van der Waals surface area contributed by atoms with Crippen LogP contribution in [0.4, 0.5) is 5.69 Å². The summed E-state index contributed by atoms with van der Waals surface area (Å²) in [5, 5.41) is 18.6.